The fraction of sp³-hybridized carbons (Fsp3) is 0.143. The lowest BCUT2D eigenvalue weighted by Crippen LogP contribution is -2.31. The van der Waals surface area contributed by atoms with Gasteiger partial charge in [-0.1, -0.05) is 46.3 Å². The van der Waals surface area contributed by atoms with Gasteiger partial charge < -0.3 is 15.0 Å². The van der Waals surface area contributed by atoms with E-state index >= 15 is 4.39 Å². The van der Waals surface area contributed by atoms with Crippen LogP contribution in [0.15, 0.2) is 64.0 Å². The molecule has 0 spiro atoms. The molecule has 2 aromatic carbocycles. The maximum atomic E-state index is 15.1. The number of hydrogen-bond acceptors (Lipinski definition) is 5. The van der Waals surface area contributed by atoms with E-state index in [0.29, 0.717) is 10.0 Å². The van der Waals surface area contributed by atoms with Crippen molar-refractivity contribution in [2.75, 3.05) is 18.5 Å². The predicted molar refractivity (Wildman–Crippen MR) is 114 cm³/mol. The first-order valence-electron chi connectivity index (χ1n) is 9.12. The van der Waals surface area contributed by atoms with Crippen molar-refractivity contribution in [3.8, 4) is 0 Å². The lowest BCUT2D eigenvalue weighted by atomic mass is 10.1. The maximum absolute atomic E-state index is 15.1. The lowest BCUT2D eigenvalue weighted by Gasteiger charge is -2.16. The van der Waals surface area contributed by atoms with Gasteiger partial charge in [0.25, 0.3) is 11.5 Å². The second kappa shape index (κ2) is 10.3. The minimum absolute atomic E-state index is 0.0152. The number of carbonyl (C=O) groups is 1. The summed E-state index contributed by atoms with van der Waals surface area (Å²) in [6.45, 7) is -0.527. The van der Waals surface area contributed by atoms with E-state index < -0.39 is 28.8 Å². The highest BCUT2D eigenvalue weighted by atomic mass is 79.9. The normalized spacial score (nSPS) is 10.7. The summed E-state index contributed by atoms with van der Waals surface area (Å²) in [4.78, 5) is 30.0. The van der Waals surface area contributed by atoms with Gasteiger partial charge in [-0.05, 0) is 23.8 Å². The zero-order valence-corrected chi connectivity index (χ0v) is 17.7. The van der Waals surface area contributed by atoms with Crippen molar-refractivity contribution >= 4 is 33.2 Å². The molecule has 1 heterocycles. The fourth-order valence-electron chi connectivity index (χ4n) is 2.76. The number of aliphatic hydroxyl groups is 1. The summed E-state index contributed by atoms with van der Waals surface area (Å²) < 4.78 is 30.8. The van der Waals surface area contributed by atoms with Gasteiger partial charge in [0.1, 0.15) is 5.82 Å². The largest absolute Gasteiger partial charge is 0.394 e. The Morgan fingerprint density at radius 3 is 2.58 bits per heavy atom. The number of halogens is 3. The number of benzene rings is 2. The summed E-state index contributed by atoms with van der Waals surface area (Å²) in [7, 11) is 0. The SMILES string of the molecule is O=C(NOCCO)c1cn(Cc2ccccc2)c(=O)c(F)c1Nc1ccc(Br)cc1F. The van der Waals surface area contributed by atoms with E-state index in [1.807, 2.05) is 0 Å². The number of hydroxylamine groups is 1. The van der Waals surface area contributed by atoms with Crippen molar-refractivity contribution in [3.05, 3.63) is 92.3 Å². The smallest absolute Gasteiger partial charge is 0.289 e. The van der Waals surface area contributed by atoms with E-state index in [2.05, 4.69) is 26.7 Å². The van der Waals surface area contributed by atoms with Crippen LogP contribution in [0.1, 0.15) is 15.9 Å². The number of amides is 1. The number of pyridine rings is 1. The van der Waals surface area contributed by atoms with Gasteiger partial charge in [0.15, 0.2) is 0 Å². The first kappa shape index (κ1) is 22.6. The fourth-order valence-corrected chi connectivity index (χ4v) is 3.10. The molecular weight excluding hydrogens is 476 g/mol. The van der Waals surface area contributed by atoms with Crippen molar-refractivity contribution in [2.45, 2.75) is 6.54 Å². The van der Waals surface area contributed by atoms with E-state index in [1.54, 1.807) is 30.3 Å². The Morgan fingerprint density at radius 2 is 1.90 bits per heavy atom. The Kier molecular flexibility index (Phi) is 7.50. The second-order valence-corrected chi connectivity index (χ2v) is 7.32. The van der Waals surface area contributed by atoms with Crippen molar-refractivity contribution in [1.82, 2.24) is 10.0 Å². The van der Waals surface area contributed by atoms with Crippen LogP contribution in [0.4, 0.5) is 20.2 Å². The van der Waals surface area contributed by atoms with E-state index in [1.165, 1.54) is 12.1 Å². The molecule has 0 atom stereocenters. The van der Waals surface area contributed by atoms with Gasteiger partial charge in [0.05, 0.1) is 36.7 Å². The molecule has 0 fully saturated rings. The number of aromatic nitrogens is 1. The first-order chi connectivity index (χ1) is 14.9. The zero-order valence-electron chi connectivity index (χ0n) is 16.1. The van der Waals surface area contributed by atoms with Crippen LogP contribution in [0.2, 0.25) is 0 Å². The lowest BCUT2D eigenvalue weighted by molar-refractivity contribution is 0.0168. The molecule has 3 aromatic rings. The molecule has 0 aliphatic rings. The van der Waals surface area contributed by atoms with Crippen LogP contribution < -0.4 is 16.4 Å². The molecule has 0 radical (unpaired) electrons. The molecule has 0 saturated heterocycles. The molecule has 7 nitrogen and oxygen atoms in total. The summed E-state index contributed by atoms with van der Waals surface area (Å²) in [6, 6.07) is 12.8. The average molecular weight is 494 g/mol. The Bertz CT molecular complexity index is 1140. The van der Waals surface area contributed by atoms with Gasteiger partial charge in [-0.15, -0.1) is 0 Å². The van der Waals surface area contributed by atoms with Crippen molar-refractivity contribution in [1.29, 1.82) is 0 Å². The maximum Gasteiger partial charge on any atom is 0.289 e. The summed E-state index contributed by atoms with van der Waals surface area (Å²) in [5, 5.41) is 11.3. The zero-order chi connectivity index (χ0) is 22.4. The molecule has 3 rings (SSSR count). The number of nitrogens with zero attached hydrogens (tertiary/aromatic N) is 1. The molecule has 1 amide bonds. The van der Waals surface area contributed by atoms with Gasteiger partial charge in [0.2, 0.25) is 5.82 Å². The Morgan fingerprint density at radius 1 is 1.16 bits per heavy atom. The standard InChI is InChI=1S/C21H18BrF2N3O4/c22-14-6-7-17(16(23)10-14)25-19-15(20(29)26-31-9-8-28)12-27(21(30)18(19)24)11-13-4-2-1-3-5-13/h1-7,10,12,25,28H,8-9,11H2,(H,26,29). The third kappa shape index (κ3) is 5.54. The van der Waals surface area contributed by atoms with Gasteiger partial charge >= 0.3 is 0 Å². The minimum Gasteiger partial charge on any atom is -0.394 e. The number of hydrogen-bond donors (Lipinski definition) is 3. The summed E-state index contributed by atoms with van der Waals surface area (Å²) >= 11 is 3.13. The quantitative estimate of drug-likeness (QED) is 0.330. The Balaban J connectivity index is 2.05. The van der Waals surface area contributed by atoms with Gasteiger partial charge in [-0.2, -0.15) is 4.39 Å². The third-order valence-electron chi connectivity index (χ3n) is 4.21. The van der Waals surface area contributed by atoms with Crippen LogP contribution in [0.3, 0.4) is 0 Å². The molecular formula is C21H18BrF2N3O4. The van der Waals surface area contributed by atoms with Crippen LogP contribution in [-0.4, -0.2) is 28.8 Å². The molecule has 0 saturated carbocycles. The van der Waals surface area contributed by atoms with Gasteiger partial charge in [-0.25, -0.2) is 9.87 Å². The predicted octanol–water partition coefficient (Wildman–Crippen LogP) is 3.33. The molecule has 10 heteroatoms. The second-order valence-electron chi connectivity index (χ2n) is 6.40. The number of carbonyl (C=O) groups excluding carboxylic acids is 1. The van der Waals surface area contributed by atoms with Gasteiger partial charge in [-0.3, -0.25) is 14.4 Å². The molecule has 3 N–H and O–H groups in total. The van der Waals surface area contributed by atoms with E-state index in [0.717, 1.165) is 16.8 Å². The molecule has 0 bridgehead atoms. The Hall–Kier alpha value is -3.08. The summed E-state index contributed by atoms with van der Waals surface area (Å²) in [6.07, 6.45) is 1.16. The highest BCUT2D eigenvalue weighted by Gasteiger charge is 2.22. The summed E-state index contributed by atoms with van der Waals surface area (Å²) in [5.41, 5.74) is 0.875. The topological polar surface area (TPSA) is 92.6 Å². The summed E-state index contributed by atoms with van der Waals surface area (Å²) in [5.74, 6) is -2.85. The molecule has 0 unspecified atom stereocenters. The molecule has 31 heavy (non-hydrogen) atoms. The van der Waals surface area contributed by atoms with E-state index in [9.17, 15) is 14.0 Å². The van der Waals surface area contributed by atoms with Crippen LogP contribution in [0.25, 0.3) is 0 Å². The number of nitrogens with one attached hydrogen (secondary N) is 2. The van der Waals surface area contributed by atoms with Crippen LogP contribution >= 0.6 is 15.9 Å². The number of anilines is 2. The molecule has 1 aromatic heterocycles. The highest BCUT2D eigenvalue weighted by Crippen LogP contribution is 2.26. The van der Waals surface area contributed by atoms with Gasteiger partial charge in [0, 0.05) is 10.7 Å². The van der Waals surface area contributed by atoms with Crippen molar-refractivity contribution in [2.24, 2.45) is 0 Å². The number of rotatable bonds is 8. The average Bonchev–Trinajstić information content (AvgIpc) is 2.75. The van der Waals surface area contributed by atoms with E-state index in [-0.39, 0.29) is 31.0 Å². The number of aliphatic hydroxyl groups excluding tert-OH is 1. The van der Waals surface area contributed by atoms with E-state index in [4.69, 9.17) is 9.94 Å². The molecule has 162 valence electrons. The van der Waals surface area contributed by atoms with Crippen LogP contribution in [0.5, 0.6) is 0 Å². The molecule has 0 aliphatic heterocycles. The highest BCUT2D eigenvalue weighted by molar-refractivity contribution is 9.10. The van der Waals surface area contributed by atoms with Crippen molar-refractivity contribution in [3.63, 3.8) is 0 Å². The third-order valence-corrected chi connectivity index (χ3v) is 4.71. The molecule has 0 aliphatic carbocycles. The Labute approximate surface area is 184 Å². The monoisotopic (exact) mass is 493 g/mol. The van der Waals surface area contributed by atoms with Crippen molar-refractivity contribution < 1.29 is 23.5 Å². The van der Waals surface area contributed by atoms with Crippen LogP contribution in [-0.2, 0) is 11.4 Å². The first-order valence-corrected chi connectivity index (χ1v) is 9.92. The minimum atomic E-state index is -1.26. The van der Waals surface area contributed by atoms with Crippen LogP contribution in [0, 0.1) is 11.6 Å².